The summed E-state index contributed by atoms with van der Waals surface area (Å²) in [6.07, 6.45) is -0.102. The Morgan fingerprint density at radius 1 is 1.52 bits per heavy atom. The Balaban J connectivity index is 1.85. The van der Waals surface area contributed by atoms with Crippen LogP contribution in [-0.4, -0.2) is 68.9 Å². The highest BCUT2D eigenvalue weighted by Gasteiger charge is 2.60. The maximum absolute atomic E-state index is 12.2. The number of carboxylic acid groups (broad SMARTS) is 1. The third kappa shape index (κ3) is 2.43. The van der Waals surface area contributed by atoms with Crippen molar-refractivity contribution in [3.05, 3.63) is 10.6 Å². The minimum absolute atomic E-state index is 0.0268. The predicted octanol–water partition coefficient (Wildman–Crippen LogP) is -0.781. The fraction of sp³-hybridized carbons (Fsp3) is 0.643. The lowest BCUT2D eigenvalue weighted by Gasteiger charge is -2.46. The van der Waals surface area contributed by atoms with Gasteiger partial charge < -0.3 is 15.1 Å². The van der Waals surface area contributed by atoms with Crippen LogP contribution >= 0.6 is 11.8 Å². The highest BCUT2D eigenvalue weighted by atomic mass is 32.2. The average molecular weight is 341 g/mol. The van der Waals surface area contributed by atoms with Crippen LogP contribution in [-0.2, 0) is 14.4 Å². The van der Waals surface area contributed by atoms with Crippen LogP contribution in [0.2, 0.25) is 0 Å². The molecule has 9 heteroatoms. The van der Waals surface area contributed by atoms with Gasteiger partial charge >= 0.3 is 5.97 Å². The molecule has 8 nitrogen and oxygen atoms in total. The number of aliphatic carboxylic acids is 1. The first-order valence-corrected chi connectivity index (χ1v) is 8.35. The molecule has 3 aliphatic heterocycles. The van der Waals surface area contributed by atoms with Crippen molar-refractivity contribution in [2.75, 3.05) is 13.1 Å². The van der Waals surface area contributed by atoms with Gasteiger partial charge in [0.2, 0.25) is 12.3 Å². The number of carbonyl (C=O) groups is 3. The van der Waals surface area contributed by atoms with Gasteiger partial charge in [-0.05, 0) is 6.92 Å². The molecule has 0 unspecified atom stereocenters. The maximum atomic E-state index is 12.2. The minimum Gasteiger partial charge on any atom is -0.477 e. The number of amides is 2. The van der Waals surface area contributed by atoms with E-state index in [-0.39, 0.29) is 28.8 Å². The molecule has 23 heavy (non-hydrogen) atoms. The second-order valence-electron chi connectivity index (χ2n) is 6.13. The van der Waals surface area contributed by atoms with E-state index in [1.807, 2.05) is 6.92 Å². The van der Waals surface area contributed by atoms with Crippen molar-refractivity contribution in [3.63, 3.8) is 0 Å². The van der Waals surface area contributed by atoms with Crippen molar-refractivity contribution in [1.82, 2.24) is 15.3 Å². The lowest BCUT2D eigenvalue weighted by molar-refractivity contribution is -0.163. The van der Waals surface area contributed by atoms with Gasteiger partial charge in [-0.3, -0.25) is 14.6 Å². The number of carboxylic acids is 1. The molecule has 3 aliphatic rings. The Labute approximate surface area is 137 Å². The Bertz CT molecular complexity index is 593. The summed E-state index contributed by atoms with van der Waals surface area (Å²) in [5.74, 6) is -2.15. The minimum atomic E-state index is -1.13. The monoisotopic (exact) mass is 341 g/mol. The zero-order chi connectivity index (χ0) is 16.9. The summed E-state index contributed by atoms with van der Waals surface area (Å²) >= 11 is 1.40. The standard InChI is InChI=1S/C14H19N3O5S/c1-6-10-9(7(2)19)13(20)17(10)11(14(21)22)12(6)23-8-3-15-16(4-8)5-18/h5-10,15,19H,3-4H2,1-2H3,(H,21,22)/t6-,7-,8+,9-,10-/m1/s1. The first-order valence-electron chi connectivity index (χ1n) is 7.47. The summed E-state index contributed by atoms with van der Waals surface area (Å²) in [6, 6.07) is -0.298. The number of carbonyl (C=O) groups excluding carboxylic acids is 2. The third-order valence-electron chi connectivity index (χ3n) is 4.65. The lowest BCUT2D eigenvalue weighted by Crippen LogP contribution is -2.63. The number of hydrogen-bond acceptors (Lipinski definition) is 6. The van der Waals surface area contributed by atoms with Gasteiger partial charge in [0, 0.05) is 22.6 Å². The lowest BCUT2D eigenvalue weighted by atomic mass is 9.79. The predicted molar refractivity (Wildman–Crippen MR) is 81.8 cm³/mol. The highest BCUT2D eigenvalue weighted by molar-refractivity contribution is 8.03. The van der Waals surface area contributed by atoms with Gasteiger partial charge in [0.25, 0.3) is 0 Å². The quantitative estimate of drug-likeness (QED) is 0.444. The first kappa shape index (κ1) is 16.3. The Kier molecular flexibility index (Phi) is 4.11. The van der Waals surface area contributed by atoms with Crippen molar-refractivity contribution < 1.29 is 24.6 Å². The molecule has 0 aliphatic carbocycles. The molecular formula is C14H19N3O5S. The fourth-order valence-corrected chi connectivity index (χ4v) is 4.99. The molecule has 2 amide bonds. The van der Waals surface area contributed by atoms with E-state index in [1.165, 1.54) is 21.7 Å². The number of β-lactam (4-membered cyclic amide) rings is 1. The van der Waals surface area contributed by atoms with Gasteiger partial charge in [-0.1, -0.05) is 6.92 Å². The van der Waals surface area contributed by atoms with Gasteiger partial charge in [-0.25, -0.2) is 10.2 Å². The van der Waals surface area contributed by atoms with Crippen LogP contribution in [0.1, 0.15) is 13.8 Å². The number of hydrogen-bond donors (Lipinski definition) is 3. The first-order chi connectivity index (χ1) is 10.9. The smallest absolute Gasteiger partial charge is 0.353 e. The van der Waals surface area contributed by atoms with Crippen LogP contribution in [0, 0.1) is 11.8 Å². The van der Waals surface area contributed by atoms with Crippen LogP contribution < -0.4 is 5.43 Å². The number of fused-ring (bicyclic) bond motifs is 1. The molecule has 5 atom stereocenters. The SMILES string of the molecule is C[C@@H](O)[C@H]1C(=O)N2C(C(=O)O)=C(S[C@H]3CNN(C=O)C3)[C@H](C)[C@H]12. The number of aliphatic hydroxyl groups excluding tert-OH is 1. The van der Waals surface area contributed by atoms with Gasteiger partial charge in [0.15, 0.2) is 0 Å². The second-order valence-corrected chi connectivity index (χ2v) is 7.47. The Hall–Kier alpha value is -1.58. The summed E-state index contributed by atoms with van der Waals surface area (Å²) in [5, 5.41) is 20.8. The van der Waals surface area contributed by atoms with Crippen molar-refractivity contribution >= 4 is 30.0 Å². The molecule has 2 saturated heterocycles. The van der Waals surface area contributed by atoms with Crippen LogP contribution in [0.4, 0.5) is 0 Å². The molecule has 3 N–H and O–H groups in total. The van der Waals surface area contributed by atoms with Crippen LogP contribution in [0.15, 0.2) is 10.6 Å². The van der Waals surface area contributed by atoms with Gasteiger partial charge in [-0.15, -0.1) is 11.8 Å². The van der Waals surface area contributed by atoms with Crippen LogP contribution in [0.3, 0.4) is 0 Å². The molecule has 0 aromatic heterocycles. The average Bonchev–Trinajstić information content (AvgIpc) is 3.02. The zero-order valence-electron chi connectivity index (χ0n) is 12.8. The summed E-state index contributed by atoms with van der Waals surface area (Å²) in [6.45, 7) is 4.49. The summed E-state index contributed by atoms with van der Waals surface area (Å²) in [5.41, 5.74) is 2.94. The second kappa shape index (κ2) is 5.81. The molecule has 3 rings (SSSR count). The van der Waals surface area contributed by atoms with Crippen molar-refractivity contribution in [1.29, 1.82) is 0 Å². The molecule has 2 fully saturated rings. The number of nitrogens with one attached hydrogen (secondary N) is 1. The van der Waals surface area contributed by atoms with Crippen molar-refractivity contribution in [2.45, 2.75) is 31.2 Å². The van der Waals surface area contributed by atoms with E-state index in [1.54, 1.807) is 6.92 Å². The third-order valence-corrected chi connectivity index (χ3v) is 6.12. The largest absolute Gasteiger partial charge is 0.477 e. The molecule has 3 heterocycles. The topological polar surface area (TPSA) is 110 Å². The number of aliphatic hydroxyl groups is 1. The summed E-state index contributed by atoms with van der Waals surface area (Å²) in [4.78, 5) is 36.6. The number of rotatable bonds is 5. The van der Waals surface area contributed by atoms with Crippen molar-refractivity contribution in [3.8, 4) is 0 Å². The van der Waals surface area contributed by atoms with E-state index >= 15 is 0 Å². The molecule has 0 radical (unpaired) electrons. The van der Waals surface area contributed by atoms with E-state index < -0.39 is 18.0 Å². The van der Waals surface area contributed by atoms with E-state index in [4.69, 9.17) is 0 Å². The van der Waals surface area contributed by atoms with Gasteiger partial charge in [0.05, 0.1) is 24.6 Å². The van der Waals surface area contributed by atoms with E-state index in [2.05, 4.69) is 5.43 Å². The Morgan fingerprint density at radius 2 is 2.22 bits per heavy atom. The van der Waals surface area contributed by atoms with Crippen LogP contribution in [0.5, 0.6) is 0 Å². The number of hydrazine groups is 1. The van der Waals surface area contributed by atoms with E-state index in [0.29, 0.717) is 24.4 Å². The molecule has 0 bridgehead atoms. The normalized spacial score (nSPS) is 34.5. The fourth-order valence-electron chi connectivity index (χ4n) is 3.59. The van der Waals surface area contributed by atoms with Crippen LogP contribution in [0.25, 0.3) is 0 Å². The summed E-state index contributed by atoms with van der Waals surface area (Å²) in [7, 11) is 0. The van der Waals surface area contributed by atoms with Gasteiger partial charge in [-0.2, -0.15) is 0 Å². The van der Waals surface area contributed by atoms with Gasteiger partial charge in [0.1, 0.15) is 5.70 Å². The molecule has 0 aromatic rings. The summed E-state index contributed by atoms with van der Waals surface area (Å²) < 4.78 is 0. The van der Waals surface area contributed by atoms with E-state index in [9.17, 15) is 24.6 Å². The molecular weight excluding hydrogens is 322 g/mol. The van der Waals surface area contributed by atoms with E-state index in [0.717, 1.165) is 0 Å². The highest BCUT2D eigenvalue weighted by Crippen LogP contribution is 2.51. The molecule has 0 aromatic carbocycles. The maximum Gasteiger partial charge on any atom is 0.353 e. The molecule has 0 spiro atoms. The zero-order valence-corrected chi connectivity index (χ0v) is 13.6. The number of thioether (sulfide) groups is 1. The molecule has 126 valence electrons. The Morgan fingerprint density at radius 3 is 2.74 bits per heavy atom. The number of nitrogens with zero attached hydrogens (tertiary/aromatic N) is 2. The van der Waals surface area contributed by atoms with Crippen molar-refractivity contribution in [2.24, 2.45) is 11.8 Å². The molecule has 0 saturated carbocycles.